The summed E-state index contributed by atoms with van der Waals surface area (Å²) in [4.78, 5) is 47.7. The topological polar surface area (TPSA) is 348 Å². The Hall–Kier alpha value is -6.32. The molecule has 4 aromatic carbocycles. The number of benzene rings is 4. The van der Waals surface area contributed by atoms with Crippen LogP contribution in [0.2, 0.25) is 20.1 Å². The monoisotopic (exact) mass is 1300 g/mol. The van der Waals surface area contributed by atoms with Crippen LogP contribution in [0.25, 0.3) is 0 Å². The number of nitrogens with one attached hydrogen (secondary N) is 4. The summed E-state index contributed by atoms with van der Waals surface area (Å²) >= 11 is 23.8. The number of nitriles is 4. The van der Waals surface area contributed by atoms with Crippen molar-refractivity contribution >= 4 is 109 Å². The lowest BCUT2D eigenvalue weighted by molar-refractivity contribution is -0.125. The van der Waals surface area contributed by atoms with E-state index in [1.165, 1.54) is 24.3 Å². The third-order valence-electron chi connectivity index (χ3n) is 14.7. The number of carbonyl (C=O) groups excluding carboxylic acids is 4. The van der Waals surface area contributed by atoms with E-state index in [2.05, 4.69) is 21.3 Å². The summed E-state index contributed by atoms with van der Waals surface area (Å²) in [5.74, 6) is -2.47. The normalized spacial score (nSPS) is 21.7. The molecular formula is C56H60Cl4N8O12S4. The molecule has 448 valence electrons. The van der Waals surface area contributed by atoms with Crippen molar-refractivity contribution in [3.63, 3.8) is 0 Å². The summed E-state index contributed by atoms with van der Waals surface area (Å²) in [6.07, 6.45) is 4.81. The second-order valence-electron chi connectivity index (χ2n) is 19.9. The van der Waals surface area contributed by atoms with Crippen molar-refractivity contribution in [2.75, 3.05) is 26.2 Å². The lowest BCUT2D eigenvalue weighted by atomic mass is 10.1. The molecule has 0 aliphatic heterocycles. The van der Waals surface area contributed by atoms with Crippen LogP contribution in [-0.2, 0) is 58.5 Å². The van der Waals surface area contributed by atoms with Crippen LogP contribution < -0.4 is 21.3 Å². The number of hydrogen-bond donors (Lipinski definition) is 4. The highest BCUT2D eigenvalue weighted by Crippen LogP contribution is 2.40. The third-order valence-corrected chi connectivity index (χ3v) is 25.6. The number of amides is 4. The van der Waals surface area contributed by atoms with Crippen LogP contribution in [0.5, 0.6) is 0 Å². The van der Waals surface area contributed by atoms with Crippen LogP contribution in [0, 0.1) is 69.0 Å². The molecule has 0 radical (unpaired) electrons. The Balaban J connectivity index is 0.000000205. The molecule has 0 aromatic heterocycles. The van der Waals surface area contributed by atoms with Gasteiger partial charge in [0.25, 0.3) is 0 Å². The van der Waals surface area contributed by atoms with Crippen molar-refractivity contribution in [2.45, 2.75) is 118 Å². The van der Waals surface area contributed by atoms with Crippen LogP contribution in [0.1, 0.15) is 77.0 Å². The summed E-state index contributed by atoms with van der Waals surface area (Å²) in [6.45, 7) is -0.233. The van der Waals surface area contributed by atoms with E-state index in [1.54, 1.807) is 72.8 Å². The quantitative estimate of drug-likeness (QED) is 0.0781. The zero-order valence-corrected chi connectivity index (χ0v) is 51.3. The number of nitrogens with zero attached hydrogens (tertiary/aromatic N) is 4. The molecule has 0 saturated heterocycles. The highest BCUT2D eigenvalue weighted by molar-refractivity contribution is 7.93. The van der Waals surface area contributed by atoms with E-state index >= 15 is 0 Å². The molecule has 20 nitrogen and oxygen atoms in total. The van der Waals surface area contributed by atoms with Crippen LogP contribution >= 0.6 is 46.4 Å². The highest BCUT2D eigenvalue weighted by Gasteiger charge is 2.42. The van der Waals surface area contributed by atoms with Crippen LogP contribution in [0.3, 0.4) is 0 Å². The fourth-order valence-electron chi connectivity index (χ4n) is 10.3. The molecular weight excluding hydrogens is 1250 g/mol. The van der Waals surface area contributed by atoms with Gasteiger partial charge >= 0.3 is 0 Å². The standard InChI is InChI=1S/4C14H15ClN2O3S/c4*15-12-3-1-2-4-13(12)21(19,20)11-6-5-10(9-11)14(18)17-8-7-16/h4*1-4,10-11H,5-6,8-9H2,(H,17,18)/t2*10-,11+;2*10-,11-/m1010/s1. The first kappa shape index (κ1) is 68.5. The van der Waals surface area contributed by atoms with Gasteiger partial charge in [-0.1, -0.05) is 94.9 Å². The predicted molar refractivity (Wildman–Crippen MR) is 314 cm³/mol. The van der Waals surface area contributed by atoms with Gasteiger partial charge in [-0.05, 0) is 126 Å². The van der Waals surface area contributed by atoms with Gasteiger partial charge in [0.05, 0.1) is 84.9 Å². The minimum atomic E-state index is -3.53. The van der Waals surface area contributed by atoms with Gasteiger partial charge < -0.3 is 21.3 Å². The summed E-state index contributed by atoms with van der Waals surface area (Å²) in [6, 6.07) is 32.7. The summed E-state index contributed by atoms with van der Waals surface area (Å²) in [7, 11) is -14.1. The summed E-state index contributed by atoms with van der Waals surface area (Å²) < 4.78 is 101. The maximum absolute atomic E-state index is 12.6. The molecule has 4 aliphatic rings. The smallest absolute Gasteiger partial charge is 0.223 e. The van der Waals surface area contributed by atoms with E-state index in [4.69, 9.17) is 67.5 Å². The first-order chi connectivity index (χ1) is 39.9. The number of halogens is 4. The minimum absolute atomic E-state index is 0.0583. The zero-order chi connectivity index (χ0) is 61.8. The zero-order valence-electron chi connectivity index (χ0n) is 45.0. The van der Waals surface area contributed by atoms with Gasteiger partial charge in [-0.25, -0.2) is 33.7 Å². The number of rotatable bonds is 16. The SMILES string of the molecule is N#CCNC(=O)[C@@H]1CC[C@@H](S(=O)(=O)c2ccccc2Cl)C1.N#CCNC(=O)[C@@H]1CC[C@H](S(=O)(=O)c2ccccc2Cl)C1.N#CCNC(=O)[C@H]1CC[C@@H](S(=O)(=O)c2ccccc2Cl)C1.N#CCNC(=O)[C@H]1CC[C@H](S(=O)(=O)c2ccccc2Cl)C1. The number of hydrogen-bond acceptors (Lipinski definition) is 16. The highest BCUT2D eigenvalue weighted by atomic mass is 35.5. The van der Waals surface area contributed by atoms with Crippen molar-refractivity contribution in [1.29, 1.82) is 21.0 Å². The van der Waals surface area contributed by atoms with Gasteiger partial charge in [0.15, 0.2) is 39.3 Å². The van der Waals surface area contributed by atoms with E-state index in [0.29, 0.717) is 51.4 Å². The van der Waals surface area contributed by atoms with Gasteiger partial charge in [-0.3, -0.25) is 19.2 Å². The van der Waals surface area contributed by atoms with Crippen molar-refractivity contribution < 1.29 is 52.8 Å². The molecule has 8 rings (SSSR count). The average Bonchev–Trinajstić information content (AvgIpc) is 3.77. The van der Waals surface area contributed by atoms with Crippen LogP contribution in [0.15, 0.2) is 117 Å². The van der Waals surface area contributed by atoms with Gasteiger partial charge in [0.2, 0.25) is 23.6 Å². The summed E-state index contributed by atoms with van der Waals surface area (Å²) in [5.41, 5.74) is 0. The van der Waals surface area contributed by atoms with Gasteiger partial charge in [0.1, 0.15) is 26.2 Å². The summed E-state index contributed by atoms with van der Waals surface area (Å²) in [5, 5.41) is 42.1. The van der Waals surface area contributed by atoms with Crippen molar-refractivity contribution in [3.8, 4) is 24.3 Å². The molecule has 84 heavy (non-hydrogen) atoms. The van der Waals surface area contributed by atoms with Crippen molar-refractivity contribution in [3.05, 3.63) is 117 Å². The minimum Gasteiger partial charge on any atom is -0.343 e. The number of carbonyl (C=O) groups is 4. The van der Waals surface area contributed by atoms with Crippen LogP contribution in [0.4, 0.5) is 0 Å². The molecule has 4 aromatic rings. The molecule has 4 fully saturated rings. The molecule has 4 amide bonds. The lowest BCUT2D eigenvalue weighted by Crippen LogP contribution is -2.30. The molecule has 4 aliphatic carbocycles. The van der Waals surface area contributed by atoms with E-state index in [1.807, 2.05) is 24.3 Å². The molecule has 8 atom stereocenters. The Morgan fingerprint density at radius 2 is 0.524 bits per heavy atom. The van der Waals surface area contributed by atoms with E-state index < -0.39 is 60.3 Å². The second kappa shape index (κ2) is 31.7. The third kappa shape index (κ3) is 17.9. The van der Waals surface area contributed by atoms with Crippen molar-refractivity contribution in [2.24, 2.45) is 23.7 Å². The van der Waals surface area contributed by atoms with E-state index in [-0.39, 0.29) is 139 Å². The molecule has 0 bridgehead atoms. The first-order valence-corrected chi connectivity index (χ1v) is 34.1. The fourth-order valence-corrected chi connectivity index (χ4v) is 19.8. The molecule has 0 heterocycles. The molecule has 0 spiro atoms. The van der Waals surface area contributed by atoms with Crippen molar-refractivity contribution in [1.82, 2.24) is 21.3 Å². The predicted octanol–water partition coefficient (Wildman–Crippen LogP) is 7.69. The largest absolute Gasteiger partial charge is 0.343 e. The Bertz CT molecular complexity index is 3200. The Labute approximate surface area is 509 Å². The Morgan fingerprint density at radius 1 is 0.345 bits per heavy atom. The fraction of sp³-hybridized carbons (Fsp3) is 0.429. The average molecular weight is 1310 g/mol. The second-order valence-corrected chi connectivity index (χ2v) is 30.3. The molecule has 28 heteroatoms. The Morgan fingerprint density at radius 3 is 0.690 bits per heavy atom. The maximum Gasteiger partial charge on any atom is 0.223 e. The molecule has 4 N–H and O–H groups in total. The Kier molecular flexibility index (Phi) is 25.8. The van der Waals surface area contributed by atoms with Crippen LogP contribution in [-0.4, -0.2) is 104 Å². The van der Waals surface area contributed by atoms with Gasteiger partial charge in [-0.15, -0.1) is 0 Å². The maximum atomic E-state index is 12.6. The van der Waals surface area contributed by atoms with Gasteiger partial charge in [0, 0.05) is 23.7 Å². The molecule has 0 unspecified atom stereocenters. The van der Waals surface area contributed by atoms with E-state index in [9.17, 15) is 52.8 Å². The first-order valence-electron chi connectivity index (χ1n) is 26.4. The molecule has 4 saturated carbocycles. The van der Waals surface area contributed by atoms with Gasteiger partial charge in [-0.2, -0.15) is 21.0 Å². The number of sulfone groups is 4. The lowest BCUT2D eigenvalue weighted by Gasteiger charge is -2.13. The van der Waals surface area contributed by atoms with E-state index in [0.717, 1.165) is 0 Å².